The second kappa shape index (κ2) is 9.32. The molecular weight excluding hydrogens is 254 g/mol. The largest absolute Gasteiger partial charge is 0.468 e. The van der Waals surface area contributed by atoms with E-state index in [-0.39, 0.29) is 12.0 Å². The Hall–Kier alpha value is -0.650. The Labute approximate surface area is 123 Å². The minimum absolute atomic E-state index is 0.150. The highest BCUT2D eigenvalue weighted by atomic mass is 16.5. The van der Waals surface area contributed by atoms with E-state index in [1.54, 1.807) is 0 Å². The van der Waals surface area contributed by atoms with E-state index in [0.29, 0.717) is 6.04 Å². The van der Waals surface area contributed by atoms with Crippen LogP contribution in [0.4, 0.5) is 0 Å². The molecule has 0 radical (unpaired) electrons. The van der Waals surface area contributed by atoms with Crippen molar-refractivity contribution in [3.63, 3.8) is 0 Å². The molecule has 0 aromatic rings. The fourth-order valence-corrected chi connectivity index (χ4v) is 2.68. The number of carbonyl (C=O) groups is 1. The Balaban J connectivity index is 2.31. The van der Waals surface area contributed by atoms with Gasteiger partial charge in [0.1, 0.15) is 6.04 Å². The molecule has 1 aliphatic rings. The molecule has 0 aromatic heterocycles. The van der Waals surface area contributed by atoms with Crippen molar-refractivity contribution >= 4 is 5.97 Å². The standard InChI is InChI=1S/C15H31N3O2/c1-5-7-17-9-11-18(12-10-17)8-6-14(15(19)20-4)16-13(2)3/h13-14,16H,5-12H2,1-4H3. The summed E-state index contributed by atoms with van der Waals surface area (Å²) in [5, 5.41) is 3.29. The molecule has 0 aromatic carbocycles. The van der Waals surface area contributed by atoms with E-state index in [9.17, 15) is 4.79 Å². The summed E-state index contributed by atoms with van der Waals surface area (Å²) in [5.41, 5.74) is 0. The molecule has 118 valence electrons. The lowest BCUT2D eigenvalue weighted by Crippen LogP contribution is -2.49. The maximum Gasteiger partial charge on any atom is 0.322 e. The summed E-state index contributed by atoms with van der Waals surface area (Å²) in [7, 11) is 1.46. The van der Waals surface area contributed by atoms with Crippen molar-refractivity contribution in [1.82, 2.24) is 15.1 Å². The monoisotopic (exact) mass is 285 g/mol. The van der Waals surface area contributed by atoms with Crippen LogP contribution in [0.3, 0.4) is 0 Å². The van der Waals surface area contributed by atoms with E-state index >= 15 is 0 Å². The molecule has 1 atom stereocenters. The number of methoxy groups -OCH3 is 1. The lowest BCUT2D eigenvalue weighted by molar-refractivity contribution is -0.143. The van der Waals surface area contributed by atoms with Gasteiger partial charge >= 0.3 is 5.97 Å². The maximum atomic E-state index is 11.7. The summed E-state index contributed by atoms with van der Waals surface area (Å²) >= 11 is 0. The van der Waals surface area contributed by atoms with Gasteiger partial charge in [0.2, 0.25) is 0 Å². The molecule has 1 fully saturated rings. The summed E-state index contributed by atoms with van der Waals surface area (Å²) in [4.78, 5) is 16.7. The number of ether oxygens (including phenoxy) is 1. The Morgan fingerprint density at radius 1 is 1.15 bits per heavy atom. The third-order valence-electron chi connectivity index (χ3n) is 3.76. The Bertz CT molecular complexity index is 276. The van der Waals surface area contributed by atoms with E-state index < -0.39 is 0 Å². The van der Waals surface area contributed by atoms with Crippen LogP contribution in [0, 0.1) is 0 Å². The highest BCUT2D eigenvalue weighted by molar-refractivity contribution is 5.75. The van der Waals surface area contributed by atoms with Crippen LogP contribution >= 0.6 is 0 Å². The second-order valence-electron chi connectivity index (χ2n) is 5.87. The molecule has 20 heavy (non-hydrogen) atoms. The molecule has 1 heterocycles. The Morgan fingerprint density at radius 3 is 2.15 bits per heavy atom. The molecule has 0 saturated carbocycles. The maximum absolute atomic E-state index is 11.7. The van der Waals surface area contributed by atoms with Gasteiger partial charge in [0.25, 0.3) is 0 Å². The molecule has 5 nitrogen and oxygen atoms in total. The Kier molecular flexibility index (Phi) is 8.11. The molecule has 0 spiro atoms. The van der Waals surface area contributed by atoms with Crippen molar-refractivity contribution < 1.29 is 9.53 Å². The van der Waals surface area contributed by atoms with Gasteiger partial charge in [-0.05, 0) is 19.4 Å². The van der Waals surface area contributed by atoms with E-state index in [2.05, 4.69) is 35.9 Å². The molecule has 1 aliphatic heterocycles. The molecule has 0 amide bonds. The van der Waals surface area contributed by atoms with Crippen molar-refractivity contribution in [2.24, 2.45) is 0 Å². The van der Waals surface area contributed by atoms with Gasteiger partial charge in [-0.25, -0.2) is 0 Å². The third-order valence-corrected chi connectivity index (χ3v) is 3.76. The van der Waals surface area contributed by atoms with Crippen LogP contribution in [-0.4, -0.2) is 74.2 Å². The highest BCUT2D eigenvalue weighted by Crippen LogP contribution is 2.06. The first-order valence-electron chi connectivity index (χ1n) is 7.85. The van der Waals surface area contributed by atoms with E-state index in [1.165, 1.54) is 20.1 Å². The number of carbonyl (C=O) groups excluding carboxylic acids is 1. The number of nitrogens with one attached hydrogen (secondary N) is 1. The molecule has 5 heteroatoms. The van der Waals surface area contributed by atoms with E-state index in [1.807, 2.05) is 0 Å². The first-order chi connectivity index (χ1) is 9.56. The van der Waals surface area contributed by atoms with Gasteiger partial charge in [-0.15, -0.1) is 0 Å². The zero-order valence-corrected chi connectivity index (χ0v) is 13.5. The second-order valence-corrected chi connectivity index (χ2v) is 5.87. The van der Waals surface area contributed by atoms with Gasteiger partial charge in [0, 0.05) is 38.8 Å². The van der Waals surface area contributed by atoms with Gasteiger partial charge in [-0.2, -0.15) is 0 Å². The predicted octanol–water partition coefficient (Wildman–Crippen LogP) is 0.944. The zero-order valence-electron chi connectivity index (χ0n) is 13.5. The number of piperazine rings is 1. The first-order valence-corrected chi connectivity index (χ1v) is 7.85. The highest BCUT2D eigenvalue weighted by Gasteiger charge is 2.22. The van der Waals surface area contributed by atoms with Gasteiger partial charge in [0.05, 0.1) is 7.11 Å². The van der Waals surface area contributed by atoms with E-state index in [0.717, 1.165) is 39.1 Å². The lowest BCUT2D eigenvalue weighted by atomic mass is 10.1. The van der Waals surface area contributed by atoms with Crippen LogP contribution in [0.5, 0.6) is 0 Å². The average Bonchev–Trinajstić information content (AvgIpc) is 2.44. The van der Waals surface area contributed by atoms with Crippen molar-refractivity contribution in [3.8, 4) is 0 Å². The molecule has 1 rings (SSSR count). The lowest BCUT2D eigenvalue weighted by Gasteiger charge is -2.35. The third kappa shape index (κ3) is 6.20. The minimum atomic E-state index is -0.186. The fourth-order valence-electron chi connectivity index (χ4n) is 2.68. The number of hydrogen-bond donors (Lipinski definition) is 1. The summed E-state index contributed by atoms with van der Waals surface area (Å²) in [6.45, 7) is 13.0. The summed E-state index contributed by atoms with van der Waals surface area (Å²) in [5.74, 6) is -0.150. The van der Waals surface area contributed by atoms with Gasteiger partial charge in [-0.1, -0.05) is 20.8 Å². The quantitative estimate of drug-likeness (QED) is 0.673. The number of rotatable bonds is 8. The average molecular weight is 285 g/mol. The van der Waals surface area contributed by atoms with Crippen LogP contribution in [0.1, 0.15) is 33.6 Å². The number of nitrogens with zero attached hydrogens (tertiary/aromatic N) is 2. The molecule has 0 bridgehead atoms. The predicted molar refractivity (Wildman–Crippen MR) is 81.9 cm³/mol. The Morgan fingerprint density at radius 2 is 1.70 bits per heavy atom. The molecular formula is C15H31N3O2. The number of hydrogen-bond acceptors (Lipinski definition) is 5. The summed E-state index contributed by atoms with van der Waals surface area (Å²) < 4.78 is 4.87. The topological polar surface area (TPSA) is 44.8 Å². The van der Waals surface area contributed by atoms with Gasteiger partial charge in [-0.3, -0.25) is 4.79 Å². The SMILES string of the molecule is CCCN1CCN(CCC(NC(C)C)C(=O)OC)CC1. The molecule has 1 saturated heterocycles. The zero-order chi connectivity index (χ0) is 15.0. The fraction of sp³-hybridized carbons (Fsp3) is 0.933. The molecule has 1 N–H and O–H groups in total. The van der Waals surface area contributed by atoms with Crippen molar-refractivity contribution in [2.45, 2.75) is 45.7 Å². The van der Waals surface area contributed by atoms with Gasteiger partial charge < -0.3 is 19.9 Å². The van der Waals surface area contributed by atoms with Crippen LogP contribution in [0.15, 0.2) is 0 Å². The van der Waals surface area contributed by atoms with Crippen molar-refractivity contribution in [1.29, 1.82) is 0 Å². The van der Waals surface area contributed by atoms with Crippen LogP contribution in [0.25, 0.3) is 0 Å². The van der Waals surface area contributed by atoms with Gasteiger partial charge in [0.15, 0.2) is 0 Å². The normalized spacial score (nSPS) is 19.2. The first kappa shape index (κ1) is 17.4. The van der Waals surface area contributed by atoms with E-state index in [4.69, 9.17) is 4.74 Å². The van der Waals surface area contributed by atoms with Crippen LogP contribution in [0.2, 0.25) is 0 Å². The molecule has 1 unspecified atom stereocenters. The number of esters is 1. The van der Waals surface area contributed by atoms with Crippen molar-refractivity contribution in [3.05, 3.63) is 0 Å². The van der Waals surface area contributed by atoms with Crippen LogP contribution < -0.4 is 5.32 Å². The van der Waals surface area contributed by atoms with Crippen molar-refractivity contribution in [2.75, 3.05) is 46.4 Å². The molecule has 0 aliphatic carbocycles. The minimum Gasteiger partial charge on any atom is -0.468 e. The summed E-state index contributed by atoms with van der Waals surface area (Å²) in [6.07, 6.45) is 2.04. The summed E-state index contributed by atoms with van der Waals surface area (Å²) in [6, 6.07) is 0.106. The smallest absolute Gasteiger partial charge is 0.322 e. The van der Waals surface area contributed by atoms with Crippen LogP contribution in [-0.2, 0) is 9.53 Å².